The predicted octanol–water partition coefficient (Wildman–Crippen LogP) is 5.96. The number of amides is 1. The number of hydrogen-bond donors (Lipinski definition) is 12. The highest BCUT2D eigenvalue weighted by Gasteiger charge is 2.51. The number of nitrogens with zero attached hydrogens (tertiary/aromatic N) is 6. The van der Waals surface area contributed by atoms with Crippen LogP contribution in [0.5, 0.6) is 0 Å². The van der Waals surface area contributed by atoms with Crippen molar-refractivity contribution < 1.29 is 158 Å². The lowest BCUT2D eigenvalue weighted by Gasteiger charge is -2.30. The molecule has 3 aliphatic heterocycles. The SMILES string of the molecule is CC1(C)C(C=CC=CC=C2N(CCCS(=O)(=O)O)c3ccc(S(=O)(=O)[O-])cc3C2(C)CCCCCC(=O)NCCCCCCOP(=O)(O)OP(=O)(O)OP(=O)(O)OP(=O)(O)OP(=O)(O)OP(=O)(O)OC[C@H]2O[C@@H](n3cnc4c(N)ncnc43)C[C@@H]2O)=[N+](CCCS(=O)(=O)O)c2ccc(S(=O)(=O)O)cc21. The van der Waals surface area contributed by atoms with Crippen LogP contribution in [0.25, 0.3) is 11.2 Å². The van der Waals surface area contributed by atoms with Gasteiger partial charge in [-0.25, -0.2) is 50.8 Å². The first kappa shape index (κ1) is 86.6. The summed E-state index contributed by atoms with van der Waals surface area (Å²) in [6, 6.07) is 7.73. The number of fused-ring (bicyclic) bond motifs is 3. The van der Waals surface area contributed by atoms with Crippen molar-refractivity contribution in [3.8, 4) is 0 Å². The molecule has 13 N–H and O–H groups in total. The molecule has 5 heterocycles. The second kappa shape index (κ2) is 34.1. The number of benzene rings is 2. The molecule has 52 heteroatoms. The molecule has 0 radical (unpaired) electrons. The number of anilines is 2. The van der Waals surface area contributed by atoms with Crippen molar-refractivity contribution in [2.45, 2.75) is 137 Å². The number of imidazole rings is 1. The van der Waals surface area contributed by atoms with Crippen molar-refractivity contribution in [3.05, 3.63) is 96.3 Å². The topological polar surface area (TPSA) is 643 Å². The van der Waals surface area contributed by atoms with Crippen molar-refractivity contribution in [3.63, 3.8) is 0 Å². The van der Waals surface area contributed by atoms with Crippen LogP contribution in [0.4, 0.5) is 17.2 Å². The lowest BCUT2D eigenvalue weighted by Crippen LogP contribution is -2.30. The van der Waals surface area contributed by atoms with Gasteiger partial charge in [-0.3, -0.25) is 32.1 Å². The van der Waals surface area contributed by atoms with Crippen molar-refractivity contribution >= 4 is 127 Å². The maximum absolute atomic E-state index is 12.9. The summed E-state index contributed by atoms with van der Waals surface area (Å²) >= 11 is 0. The van der Waals surface area contributed by atoms with Crippen molar-refractivity contribution in [1.82, 2.24) is 24.8 Å². The van der Waals surface area contributed by atoms with Crippen molar-refractivity contribution in [1.29, 1.82) is 0 Å². The van der Waals surface area contributed by atoms with Crippen LogP contribution in [0.2, 0.25) is 0 Å². The third-order valence-corrected chi connectivity index (χ3v) is 28.6. The first-order valence-electron chi connectivity index (χ1n) is 30.8. The second-order valence-electron chi connectivity index (χ2n) is 24.2. The fourth-order valence-electron chi connectivity index (χ4n) is 11.5. The third-order valence-electron chi connectivity index (χ3n) is 16.0. The molecule has 0 bridgehead atoms. The molecule has 10 atom stereocenters. The summed E-state index contributed by atoms with van der Waals surface area (Å²) in [7, 11) is -55.8. The number of nitrogens with one attached hydrogen (secondary N) is 1. The van der Waals surface area contributed by atoms with Crippen molar-refractivity contribution in [2.75, 3.05) is 55.0 Å². The standard InChI is InChI=1S/C52H76N8O34P6S4/c1-51(2)38-30-36(103(81,82)83)19-21-40(38)58(25-14-28-101(75,76)77)44(51)16-8-6-9-17-45-52(3,39-31-37(104(84,85)86)20-22-41(39)59(45)26-15-29-102(78,79)80)23-11-7-10-18-46(62)54-24-12-4-5-13-27-87-95(63,64)90-97(67,68)92-99(71,72)94-100(73,74)93-98(69,70)91-96(65,66)88-33-43-42(61)32-47(89-43)60-35-57-48-49(53)55-34-56-50(48)60/h6,8-9,16-17,19-22,30-31,34-35,42-43,47,61H,4-5,7,10-15,18,23-29,32-33H2,1-3H3,(H12-,53,54,55,56,62,63,64,65,66,67,68,69,70,71,72,73,74,75,76,77,78,79,80,81,82,83,84,85,86)/t42-,43+,47+,52?/m0/s1. The van der Waals surface area contributed by atoms with Gasteiger partial charge in [0.25, 0.3) is 30.4 Å². The highest BCUT2D eigenvalue weighted by Crippen LogP contribution is 2.75. The minimum absolute atomic E-state index is 0.0111. The minimum Gasteiger partial charge on any atom is -0.744 e. The molecule has 4 aromatic rings. The van der Waals surface area contributed by atoms with Crippen molar-refractivity contribution in [2.24, 2.45) is 0 Å². The zero-order chi connectivity index (χ0) is 77.5. The van der Waals surface area contributed by atoms with Crippen LogP contribution in [-0.2, 0) is 119 Å². The van der Waals surface area contributed by atoms with E-state index in [4.69, 9.17) is 10.5 Å². The van der Waals surface area contributed by atoms with E-state index in [2.05, 4.69) is 50.9 Å². The maximum atomic E-state index is 12.9. The number of carbonyl (C=O) groups is 1. The van der Waals surface area contributed by atoms with E-state index in [1.54, 1.807) is 60.6 Å². The number of allylic oxidation sites excluding steroid dienone is 6. The summed E-state index contributed by atoms with van der Waals surface area (Å²) in [5.41, 5.74) is 7.04. The Hall–Kier alpha value is -4.63. The van der Waals surface area contributed by atoms with E-state index in [-0.39, 0.29) is 92.4 Å². The van der Waals surface area contributed by atoms with E-state index < -0.39 is 146 Å². The first-order valence-corrected chi connectivity index (χ1v) is 45.8. The molecule has 7 unspecified atom stereocenters. The summed E-state index contributed by atoms with van der Waals surface area (Å²) in [5.74, 6) is -1.56. The number of phosphoric ester groups is 2. The summed E-state index contributed by atoms with van der Waals surface area (Å²) < 4.78 is 249. The fourth-order valence-corrected chi connectivity index (χ4v) is 21.3. The third kappa shape index (κ3) is 24.7. The summed E-state index contributed by atoms with van der Waals surface area (Å²) in [6.45, 7) is 3.83. The second-order valence-corrected chi connectivity index (χ2v) is 39.5. The molecule has 2 aromatic heterocycles. The van der Waals surface area contributed by atoms with Gasteiger partial charge >= 0.3 is 46.9 Å². The van der Waals surface area contributed by atoms with E-state index >= 15 is 0 Å². The Morgan fingerprint density at radius 3 is 1.90 bits per heavy atom. The van der Waals surface area contributed by atoms with Crippen LogP contribution in [0.1, 0.15) is 115 Å². The van der Waals surface area contributed by atoms with Gasteiger partial charge in [0.1, 0.15) is 40.8 Å². The number of hydrogen-bond acceptors (Lipinski definition) is 30. The summed E-state index contributed by atoms with van der Waals surface area (Å²) in [4.78, 5) is 85.2. The molecule has 7 rings (SSSR count). The normalized spacial score (nSPS) is 22.7. The molecular formula is C52H76N8O34P6S4. The average molecular weight is 1670 g/mol. The van der Waals surface area contributed by atoms with Gasteiger partial charge in [-0.05, 0) is 94.8 Å². The van der Waals surface area contributed by atoms with E-state index in [1.807, 2.05) is 0 Å². The van der Waals surface area contributed by atoms with Crippen LogP contribution in [0.3, 0.4) is 0 Å². The molecule has 3 aliphatic rings. The molecule has 0 spiro atoms. The fraction of sp³-hybridized carbons (Fsp3) is 0.519. The van der Waals surface area contributed by atoms with Gasteiger partial charge in [0.2, 0.25) is 11.6 Å². The monoisotopic (exact) mass is 1670 g/mol. The van der Waals surface area contributed by atoms with Gasteiger partial charge in [-0.1, -0.05) is 43.9 Å². The molecular weight excluding hydrogens is 1590 g/mol. The molecule has 582 valence electrons. The lowest BCUT2D eigenvalue weighted by atomic mass is 9.77. The van der Waals surface area contributed by atoms with Crippen LogP contribution in [0.15, 0.2) is 94.9 Å². The van der Waals surface area contributed by atoms with Gasteiger partial charge in [0.05, 0.1) is 52.4 Å². The number of ether oxygens (including phenoxy) is 1. The largest absolute Gasteiger partial charge is 0.744 e. The number of aliphatic hydroxyl groups is 1. The van der Waals surface area contributed by atoms with Gasteiger partial charge in [-0.15, -0.1) is 0 Å². The highest BCUT2D eigenvalue weighted by molar-refractivity contribution is 7.86. The van der Waals surface area contributed by atoms with E-state index in [1.165, 1.54) is 41.2 Å². The molecule has 1 fully saturated rings. The maximum Gasteiger partial charge on any atom is 0.490 e. The Labute approximate surface area is 595 Å². The van der Waals surface area contributed by atoms with Gasteiger partial charge < -0.3 is 59.7 Å². The number of unbranched alkanes of at least 4 members (excludes halogenated alkanes) is 5. The molecule has 2 aromatic carbocycles. The van der Waals surface area contributed by atoms with Gasteiger partial charge in [0, 0.05) is 66.9 Å². The summed E-state index contributed by atoms with van der Waals surface area (Å²) in [5, 5.41) is 13.2. The summed E-state index contributed by atoms with van der Waals surface area (Å²) in [6.07, 6.45) is 8.87. The Morgan fingerprint density at radius 1 is 0.712 bits per heavy atom. The van der Waals surface area contributed by atoms with E-state index in [0.717, 1.165) is 12.4 Å². The van der Waals surface area contributed by atoms with E-state index in [0.29, 0.717) is 66.0 Å². The average Bonchev–Trinajstić information content (AvgIpc) is 1.59. The van der Waals surface area contributed by atoms with E-state index in [9.17, 15) is 119 Å². The number of aromatic nitrogens is 4. The number of rotatable bonds is 41. The number of nitrogen functional groups attached to an aromatic ring is 1. The van der Waals surface area contributed by atoms with Gasteiger partial charge in [0.15, 0.2) is 17.2 Å². The molecule has 0 saturated carbocycles. The highest BCUT2D eigenvalue weighted by atomic mass is 32.2. The van der Waals surface area contributed by atoms with Crippen LogP contribution < -0.4 is 16.0 Å². The molecule has 1 saturated heterocycles. The lowest BCUT2D eigenvalue weighted by molar-refractivity contribution is -0.437. The molecule has 104 heavy (non-hydrogen) atoms. The Bertz CT molecular complexity index is 4790. The van der Waals surface area contributed by atoms with Crippen LogP contribution in [-0.4, -0.2) is 179 Å². The first-order chi connectivity index (χ1) is 47.8. The Morgan fingerprint density at radius 2 is 1.29 bits per heavy atom. The smallest absolute Gasteiger partial charge is 0.490 e. The van der Waals surface area contributed by atoms with Gasteiger partial charge in [-0.2, -0.15) is 51.4 Å². The minimum atomic E-state index is -6.56. The molecule has 0 aliphatic carbocycles. The molecule has 42 nitrogen and oxygen atoms in total. The number of phosphoric acid groups is 6. The van der Waals surface area contributed by atoms with Crippen LogP contribution in [0, 0.1) is 0 Å². The number of nitrogens with two attached hydrogens (primary N) is 1. The zero-order valence-corrected chi connectivity index (χ0v) is 63.7. The Balaban J connectivity index is 0.857. The quantitative estimate of drug-likeness (QED) is 0.00801. The predicted molar refractivity (Wildman–Crippen MR) is 362 cm³/mol. The molecule has 1 amide bonds. The zero-order valence-electron chi connectivity index (χ0n) is 55.0. The Kier molecular flexibility index (Phi) is 28.4. The number of carbonyl (C=O) groups excluding carboxylic acids is 1. The van der Waals surface area contributed by atoms with Crippen LogP contribution >= 0.6 is 46.9 Å². The number of aliphatic hydroxyl groups excluding tert-OH is 1.